The maximum atomic E-state index is 3.40. The zero-order valence-electron chi connectivity index (χ0n) is 25.4. The molecule has 2 nitrogen and oxygen atoms in total. The van der Waals surface area contributed by atoms with Crippen molar-refractivity contribution in [2.75, 3.05) is 9.80 Å². The van der Waals surface area contributed by atoms with Crippen LogP contribution in [0.25, 0.3) is 21.9 Å². The first-order chi connectivity index (χ1) is 22.8. The summed E-state index contributed by atoms with van der Waals surface area (Å²) in [7, 11) is 0. The lowest BCUT2D eigenvalue weighted by Gasteiger charge is -2.35. The summed E-state index contributed by atoms with van der Waals surface area (Å²) in [6.45, 7) is 0. The Bertz CT molecular complexity index is 2170. The van der Waals surface area contributed by atoms with Gasteiger partial charge < -0.3 is 9.80 Å². The third-order valence-electron chi connectivity index (χ3n) is 8.81. The number of hydrogen-bond donors (Lipinski definition) is 0. The van der Waals surface area contributed by atoms with Gasteiger partial charge in [0.1, 0.15) is 0 Å². The first kappa shape index (κ1) is 27.5. The van der Waals surface area contributed by atoms with Gasteiger partial charge in [0, 0.05) is 40.1 Å². The number of nitrogens with zero attached hydrogens (tertiary/aromatic N) is 2. The fourth-order valence-corrected chi connectivity index (χ4v) is 6.61. The Morgan fingerprint density at radius 3 is 1.74 bits per heavy atom. The Morgan fingerprint density at radius 1 is 0.457 bits per heavy atom. The summed E-state index contributed by atoms with van der Waals surface area (Å²) in [5.74, 6) is 6.74. The molecule has 46 heavy (non-hydrogen) atoms. The summed E-state index contributed by atoms with van der Waals surface area (Å²) in [5.41, 5.74) is 10.5. The fraction of sp³-hybridized carbons (Fsp3) is 0.0455. The zero-order chi connectivity index (χ0) is 30.7. The van der Waals surface area contributed by atoms with Crippen molar-refractivity contribution < 1.29 is 0 Å². The molecule has 7 aromatic carbocycles. The van der Waals surface area contributed by atoms with E-state index in [9.17, 15) is 0 Å². The highest BCUT2D eigenvalue weighted by atomic mass is 15.2. The fourth-order valence-electron chi connectivity index (χ4n) is 6.61. The predicted molar refractivity (Wildman–Crippen MR) is 193 cm³/mol. The number of rotatable bonds is 7. The second kappa shape index (κ2) is 12.2. The van der Waals surface area contributed by atoms with Gasteiger partial charge in [-0.05, 0) is 82.7 Å². The second-order valence-electron chi connectivity index (χ2n) is 11.6. The van der Waals surface area contributed by atoms with Gasteiger partial charge in [0.05, 0.1) is 11.7 Å². The largest absolute Gasteiger partial charge is 0.333 e. The quantitative estimate of drug-likeness (QED) is 0.171. The Kier molecular flexibility index (Phi) is 7.27. The molecule has 0 bridgehead atoms. The molecule has 8 rings (SSSR count). The van der Waals surface area contributed by atoms with E-state index in [-0.39, 0.29) is 6.04 Å². The van der Waals surface area contributed by atoms with E-state index in [1.54, 1.807) is 0 Å². The van der Waals surface area contributed by atoms with Gasteiger partial charge in [0.2, 0.25) is 0 Å². The number of anilines is 5. The standard InChI is InChI=1S/C44H32N2/c1-3-17-37(18-4-1)45(43-23-11-15-35-13-7-9-21-41(35)43)39-29-25-33(26-30-39)34-27-31-40(32-28-34)46(38-19-5-2-6-20-38)44-24-12-16-36-14-8-10-22-42(36)44/h1-11,13-15,17-23,25-32,44H,24H2. The molecule has 0 saturated heterocycles. The number of para-hydroxylation sites is 2. The van der Waals surface area contributed by atoms with Crippen LogP contribution in [0.15, 0.2) is 176 Å². The van der Waals surface area contributed by atoms with Crippen LogP contribution in [-0.4, -0.2) is 0 Å². The molecule has 0 fully saturated rings. The van der Waals surface area contributed by atoms with Crippen LogP contribution in [-0.2, 0) is 0 Å². The third kappa shape index (κ3) is 5.19. The molecule has 0 saturated carbocycles. The summed E-state index contributed by atoms with van der Waals surface area (Å²) in [4.78, 5) is 4.78. The van der Waals surface area contributed by atoms with Crippen LogP contribution in [0, 0.1) is 11.8 Å². The van der Waals surface area contributed by atoms with Crippen LogP contribution < -0.4 is 9.80 Å². The number of hydrogen-bond acceptors (Lipinski definition) is 2. The van der Waals surface area contributed by atoms with Crippen LogP contribution in [0.3, 0.4) is 0 Å². The van der Waals surface area contributed by atoms with Gasteiger partial charge in [0.25, 0.3) is 0 Å². The molecule has 7 aromatic rings. The summed E-state index contributed by atoms with van der Waals surface area (Å²) in [6.07, 6.45) is 0.781. The van der Waals surface area contributed by atoms with E-state index in [4.69, 9.17) is 0 Å². The van der Waals surface area contributed by atoms with E-state index < -0.39 is 0 Å². The predicted octanol–water partition coefficient (Wildman–Crippen LogP) is 11.6. The van der Waals surface area contributed by atoms with Gasteiger partial charge in [-0.15, -0.1) is 0 Å². The van der Waals surface area contributed by atoms with Crippen LogP contribution in [0.4, 0.5) is 28.4 Å². The minimum atomic E-state index is 0.142. The molecule has 0 aliphatic heterocycles. The first-order valence-electron chi connectivity index (χ1n) is 15.8. The van der Waals surface area contributed by atoms with Crippen molar-refractivity contribution in [3.63, 3.8) is 0 Å². The van der Waals surface area contributed by atoms with Gasteiger partial charge >= 0.3 is 0 Å². The molecule has 0 N–H and O–H groups in total. The Labute approximate surface area is 270 Å². The number of benzene rings is 7. The van der Waals surface area contributed by atoms with Crippen molar-refractivity contribution in [1.29, 1.82) is 0 Å². The smallest absolute Gasteiger partial charge is 0.0713 e. The van der Waals surface area contributed by atoms with Crippen LogP contribution in [0.5, 0.6) is 0 Å². The van der Waals surface area contributed by atoms with Gasteiger partial charge in [-0.2, -0.15) is 0 Å². The molecule has 2 heteroatoms. The maximum Gasteiger partial charge on any atom is 0.0713 e. The Hall–Kier alpha value is -6.04. The highest BCUT2D eigenvalue weighted by molar-refractivity contribution is 5.99. The average molecular weight is 589 g/mol. The van der Waals surface area contributed by atoms with Crippen LogP contribution in [0.1, 0.15) is 23.6 Å². The minimum Gasteiger partial charge on any atom is -0.333 e. The van der Waals surface area contributed by atoms with Crippen molar-refractivity contribution in [3.8, 4) is 23.0 Å². The van der Waals surface area contributed by atoms with Crippen molar-refractivity contribution in [2.45, 2.75) is 12.5 Å². The monoisotopic (exact) mass is 588 g/mol. The van der Waals surface area contributed by atoms with Crippen LogP contribution >= 0.6 is 0 Å². The summed E-state index contributed by atoms with van der Waals surface area (Å²) < 4.78 is 0. The molecule has 218 valence electrons. The Balaban J connectivity index is 1.14. The topological polar surface area (TPSA) is 6.48 Å². The van der Waals surface area contributed by atoms with Crippen molar-refractivity contribution in [3.05, 3.63) is 187 Å². The van der Waals surface area contributed by atoms with Crippen molar-refractivity contribution in [1.82, 2.24) is 0 Å². The molecule has 1 atom stereocenters. The van der Waals surface area contributed by atoms with E-state index in [0.29, 0.717) is 0 Å². The Morgan fingerprint density at radius 2 is 1.00 bits per heavy atom. The lowest BCUT2D eigenvalue weighted by molar-refractivity contribution is 0.712. The molecule has 0 aromatic heterocycles. The highest BCUT2D eigenvalue weighted by Crippen LogP contribution is 2.41. The summed E-state index contributed by atoms with van der Waals surface area (Å²) >= 11 is 0. The average Bonchev–Trinajstić information content (AvgIpc) is 3.14. The number of fused-ring (bicyclic) bond motifs is 2. The van der Waals surface area contributed by atoms with Crippen molar-refractivity contribution >= 4 is 39.2 Å². The van der Waals surface area contributed by atoms with E-state index in [1.807, 2.05) is 0 Å². The molecule has 1 unspecified atom stereocenters. The van der Waals surface area contributed by atoms with Gasteiger partial charge in [-0.1, -0.05) is 127 Å². The SMILES string of the molecule is C1#Cc2ccccc2C(N(c2ccccc2)c2ccc(-c3ccc(N(c4ccccc4)c4cccc5ccccc45)cc3)cc2)C1. The second-order valence-corrected chi connectivity index (χ2v) is 11.6. The summed E-state index contributed by atoms with van der Waals surface area (Å²) in [5, 5.41) is 2.45. The lowest BCUT2D eigenvalue weighted by Crippen LogP contribution is -2.25. The normalized spacial score (nSPS) is 13.3. The van der Waals surface area contributed by atoms with E-state index >= 15 is 0 Å². The maximum absolute atomic E-state index is 3.40. The van der Waals surface area contributed by atoms with E-state index in [2.05, 4.69) is 198 Å². The van der Waals surface area contributed by atoms with E-state index in [1.165, 1.54) is 27.5 Å². The minimum absolute atomic E-state index is 0.142. The molecular weight excluding hydrogens is 556 g/mol. The molecule has 1 aliphatic carbocycles. The molecule has 0 amide bonds. The van der Waals surface area contributed by atoms with Gasteiger partial charge in [0.15, 0.2) is 0 Å². The molecule has 1 aliphatic rings. The third-order valence-corrected chi connectivity index (χ3v) is 8.81. The molecule has 0 radical (unpaired) electrons. The van der Waals surface area contributed by atoms with Crippen molar-refractivity contribution in [2.24, 2.45) is 0 Å². The zero-order valence-corrected chi connectivity index (χ0v) is 25.4. The van der Waals surface area contributed by atoms with E-state index in [0.717, 1.165) is 40.4 Å². The highest BCUT2D eigenvalue weighted by Gasteiger charge is 2.25. The molecule has 0 spiro atoms. The molecular formula is C44H32N2. The lowest BCUT2D eigenvalue weighted by atomic mass is 9.92. The van der Waals surface area contributed by atoms with Gasteiger partial charge in [-0.3, -0.25) is 0 Å². The van der Waals surface area contributed by atoms with Gasteiger partial charge in [-0.25, -0.2) is 0 Å². The van der Waals surface area contributed by atoms with Crippen LogP contribution in [0.2, 0.25) is 0 Å². The summed E-state index contributed by atoms with van der Waals surface area (Å²) in [6, 6.07) is 62.9. The first-order valence-corrected chi connectivity index (χ1v) is 15.8. The molecule has 0 heterocycles.